The zero-order valence-corrected chi connectivity index (χ0v) is 13.5. The predicted molar refractivity (Wildman–Crippen MR) is 80.2 cm³/mol. The number of methoxy groups -OCH3 is 1. The van der Waals surface area contributed by atoms with Crippen LogP contribution in [-0.2, 0) is 15.6 Å². The monoisotopic (exact) mass is 346 g/mol. The highest BCUT2D eigenvalue weighted by atomic mass is 79.9. The maximum Gasteiger partial charge on any atom is 0.157 e. The Hall–Kier alpha value is -0.550. The van der Waals surface area contributed by atoms with Crippen LogP contribution in [0.3, 0.4) is 0 Å². The first-order valence-corrected chi connectivity index (χ1v) is 9.07. The van der Waals surface area contributed by atoms with Gasteiger partial charge < -0.3 is 4.74 Å². The third-order valence-corrected chi connectivity index (χ3v) is 6.28. The van der Waals surface area contributed by atoms with Crippen molar-refractivity contribution >= 4 is 25.8 Å². The Bertz CT molecular complexity index is 534. The van der Waals surface area contributed by atoms with Crippen LogP contribution < -0.4 is 4.74 Å². The third-order valence-electron chi connectivity index (χ3n) is 3.59. The van der Waals surface area contributed by atoms with Crippen molar-refractivity contribution < 1.29 is 13.2 Å². The van der Waals surface area contributed by atoms with Gasteiger partial charge in [0.2, 0.25) is 0 Å². The van der Waals surface area contributed by atoms with E-state index in [1.807, 2.05) is 12.1 Å². The summed E-state index contributed by atoms with van der Waals surface area (Å²) in [5.74, 6) is 0.788. The fourth-order valence-electron chi connectivity index (χ4n) is 2.60. The summed E-state index contributed by atoms with van der Waals surface area (Å²) < 4.78 is 30.8. The Morgan fingerprint density at radius 1 is 1.21 bits per heavy atom. The molecule has 0 bridgehead atoms. The first kappa shape index (κ1) is 14.9. The molecule has 0 radical (unpaired) electrons. The molecule has 0 N–H and O–H groups in total. The fraction of sp³-hybridized carbons (Fsp3) is 0.571. The minimum Gasteiger partial charge on any atom is -0.497 e. The van der Waals surface area contributed by atoms with Crippen molar-refractivity contribution in [1.29, 1.82) is 0 Å². The molecule has 0 amide bonds. The molecule has 0 aliphatic heterocycles. The zero-order valence-electron chi connectivity index (χ0n) is 11.1. The van der Waals surface area contributed by atoms with Gasteiger partial charge in [-0.15, -0.1) is 0 Å². The molecule has 0 aromatic heterocycles. The second-order valence-electron chi connectivity index (χ2n) is 5.07. The van der Waals surface area contributed by atoms with Crippen LogP contribution in [0.15, 0.2) is 22.7 Å². The molecule has 1 aliphatic carbocycles. The van der Waals surface area contributed by atoms with Crippen LogP contribution in [-0.4, -0.2) is 20.8 Å². The van der Waals surface area contributed by atoms with E-state index in [9.17, 15) is 8.42 Å². The first-order chi connectivity index (χ1) is 9.01. The molecular formula is C14H19BrO3S. The number of hydrogen-bond donors (Lipinski definition) is 0. The number of halogens is 1. The molecule has 0 saturated heterocycles. The van der Waals surface area contributed by atoms with Gasteiger partial charge in [0.1, 0.15) is 5.75 Å². The third kappa shape index (κ3) is 3.96. The molecule has 0 atom stereocenters. The van der Waals surface area contributed by atoms with Crippen LogP contribution in [0.2, 0.25) is 0 Å². The molecule has 1 saturated carbocycles. The lowest BCUT2D eigenvalue weighted by Crippen LogP contribution is -2.25. The van der Waals surface area contributed by atoms with E-state index < -0.39 is 9.84 Å². The summed E-state index contributed by atoms with van der Waals surface area (Å²) in [6.07, 6.45) is 4.86. The average molecular weight is 347 g/mol. The molecule has 19 heavy (non-hydrogen) atoms. The highest BCUT2D eigenvalue weighted by molar-refractivity contribution is 9.10. The molecule has 1 aromatic rings. The molecule has 2 rings (SSSR count). The molecule has 1 aliphatic rings. The largest absolute Gasteiger partial charge is 0.497 e. The van der Waals surface area contributed by atoms with Crippen molar-refractivity contribution in [2.45, 2.75) is 43.1 Å². The molecule has 0 unspecified atom stereocenters. The van der Waals surface area contributed by atoms with Gasteiger partial charge in [0, 0.05) is 4.47 Å². The second kappa shape index (κ2) is 6.27. The maximum absolute atomic E-state index is 12.4. The van der Waals surface area contributed by atoms with Crippen molar-refractivity contribution in [3.63, 3.8) is 0 Å². The summed E-state index contributed by atoms with van der Waals surface area (Å²) in [4.78, 5) is 0. The fourth-order valence-corrected chi connectivity index (χ4v) is 5.03. The van der Waals surface area contributed by atoms with Gasteiger partial charge in [-0.2, -0.15) is 0 Å². The average Bonchev–Trinajstić information content (AvgIpc) is 2.38. The molecule has 3 nitrogen and oxygen atoms in total. The summed E-state index contributed by atoms with van der Waals surface area (Å²) in [6, 6.07) is 5.48. The first-order valence-electron chi connectivity index (χ1n) is 6.56. The van der Waals surface area contributed by atoms with Gasteiger partial charge in [0.25, 0.3) is 0 Å². The summed E-state index contributed by atoms with van der Waals surface area (Å²) in [7, 11) is -1.47. The minimum atomic E-state index is -3.05. The number of sulfone groups is 1. The van der Waals surface area contributed by atoms with Gasteiger partial charge >= 0.3 is 0 Å². The normalized spacial score (nSPS) is 17.4. The number of ether oxygens (including phenoxy) is 1. The quantitative estimate of drug-likeness (QED) is 0.834. The summed E-state index contributed by atoms with van der Waals surface area (Å²) in [5.41, 5.74) is 0.789. The summed E-state index contributed by atoms with van der Waals surface area (Å²) in [5, 5.41) is -0.161. The molecule has 0 spiro atoms. The summed E-state index contributed by atoms with van der Waals surface area (Å²) in [6.45, 7) is 0. The molecule has 5 heteroatoms. The van der Waals surface area contributed by atoms with E-state index in [0.29, 0.717) is 5.75 Å². The second-order valence-corrected chi connectivity index (χ2v) is 8.26. The van der Waals surface area contributed by atoms with Crippen molar-refractivity contribution in [3.05, 3.63) is 28.2 Å². The van der Waals surface area contributed by atoms with Gasteiger partial charge in [-0.25, -0.2) is 8.42 Å². The predicted octanol–water partition coefficient (Wildman–Crippen LogP) is 3.71. The Morgan fingerprint density at radius 3 is 2.53 bits per heavy atom. The molecule has 1 fully saturated rings. The molecular weight excluding hydrogens is 328 g/mol. The highest BCUT2D eigenvalue weighted by Gasteiger charge is 2.27. The Morgan fingerprint density at radius 2 is 1.89 bits per heavy atom. The molecule has 1 aromatic carbocycles. The van der Waals surface area contributed by atoms with Crippen LogP contribution in [0, 0.1) is 0 Å². The lowest BCUT2D eigenvalue weighted by molar-refractivity contribution is 0.414. The van der Waals surface area contributed by atoms with E-state index >= 15 is 0 Å². The van der Waals surface area contributed by atoms with E-state index in [4.69, 9.17) is 4.74 Å². The van der Waals surface area contributed by atoms with Crippen molar-refractivity contribution in [2.75, 3.05) is 7.11 Å². The standard InChI is InChI=1S/C14H19BrO3S/c1-18-13-8-11(7-12(15)9-13)10-19(16,17)14-5-3-2-4-6-14/h7-9,14H,2-6,10H2,1H3. The number of benzene rings is 1. The lowest BCUT2D eigenvalue weighted by Gasteiger charge is -2.21. The lowest BCUT2D eigenvalue weighted by atomic mass is 10.0. The van der Waals surface area contributed by atoms with Crippen LogP contribution in [0.1, 0.15) is 37.7 Å². The van der Waals surface area contributed by atoms with Crippen LogP contribution >= 0.6 is 15.9 Å². The van der Waals surface area contributed by atoms with Gasteiger partial charge in [0.15, 0.2) is 9.84 Å². The van der Waals surface area contributed by atoms with Gasteiger partial charge in [0.05, 0.1) is 18.1 Å². The Kier molecular flexibility index (Phi) is 4.90. The zero-order chi connectivity index (χ0) is 13.9. The van der Waals surface area contributed by atoms with E-state index in [1.54, 1.807) is 13.2 Å². The van der Waals surface area contributed by atoms with Gasteiger partial charge in [-0.1, -0.05) is 35.2 Å². The smallest absolute Gasteiger partial charge is 0.157 e. The van der Waals surface area contributed by atoms with E-state index in [2.05, 4.69) is 15.9 Å². The molecule has 0 heterocycles. The minimum absolute atomic E-state index is 0.105. The maximum atomic E-state index is 12.4. The van der Waals surface area contributed by atoms with Crippen LogP contribution in [0.5, 0.6) is 5.75 Å². The molecule has 106 valence electrons. The van der Waals surface area contributed by atoms with Crippen molar-refractivity contribution in [2.24, 2.45) is 0 Å². The van der Waals surface area contributed by atoms with E-state index in [-0.39, 0.29) is 11.0 Å². The number of hydrogen-bond acceptors (Lipinski definition) is 3. The Labute approximate surface area is 123 Å². The summed E-state index contributed by atoms with van der Waals surface area (Å²) >= 11 is 3.38. The van der Waals surface area contributed by atoms with Crippen molar-refractivity contribution in [3.8, 4) is 5.75 Å². The van der Waals surface area contributed by atoms with Crippen LogP contribution in [0.25, 0.3) is 0 Å². The SMILES string of the molecule is COc1cc(Br)cc(CS(=O)(=O)C2CCCCC2)c1. The van der Waals surface area contributed by atoms with E-state index in [1.165, 1.54) is 0 Å². The van der Waals surface area contributed by atoms with Gasteiger partial charge in [-0.3, -0.25) is 0 Å². The Balaban J connectivity index is 2.17. The van der Waals surface area contributed by atoms with Crippen LogP contribution in [0.4, 0.5) is 0 Å². The van der Waals surface area contributed by atoms with E-state index in [0.717, 1.165) is 42.1 Å². The topological polar surface area (TPSA) is 43.4 Å². The number of rotatable bonds is 4. The van der Waals surface area contributed by atoms with Crippen molar-refractivity contribution in [1.82, 2.24) is 0 Å². The van der Waals surface area contributed by atoms with Gasteiger partial charge in [-0.05, 0) is 36.6 Å². The highest BCUT2D eigenvalue weighted by Crippen LogP contribution is 2.28.